The summed E-state index contributed by atoms with van der Waals surface area (Å²) in [6.45, 7) is 0.998. The van der Waals surface area contributed by atoms with Crippen molar-refractivity contribution in [2.24, 2.45) is 0 Å². The zero-order chi connectivity index (χ0) is 10.8. The van der Waals surface area contributed by atoms with Crippen molar-refractivity contribution in [1.29, 1.82) is 0 Å². The molecule has 0 bridgehead atoms. The molecule has 82 valence electrons. The predicted octanol–water partition coefficient (Wildman–Crippen LogP) is -0.192. The van der Waals surface area contributed by atoms with E-state index >= 15 is 0 Å². The van der Waals surface area contributed by atoms with Crippen LogP contribution in [0.4, 0.5) is 12.9 Å². The van der Waals surface area contributed by atoms with Gasteiger partial charge in [0, 0.05) is 6.04 Å². The van der Waals surface area contributed by atoms with Crippen molar-refractivity contribution in [1.82, 2.24) is 4.90 Å². The molecule has 1 aliphatic rings. The van der Waals surface area contributed by atoms with Crippen molar-refractivity contribution >= 4 is 6.98 Å². The van der Waals surface area contributed by atoms with Crippen LogP contribution in [0.1, 0.15) is 26.2 Å². The molecule has 15 heavy (non-hydrogen) atoms. The van der Waals surface area contributed by atoms with Crippen molar-refractivity contribution < 1.29 is 64.3 Å². The molecule has 0 amide bonds. The quantitative estimate of drug-likeness (QED) is 0.586. The Hall–Kier alpha value is 1.19. The minimum Gasteiger partial charge on any atom is -0.445 e. The molecule has 0 aromatic rings. The number of hydrogen-bond acceptors (Lipinski definition) is 1. The summed E-state index contributed by atoms with van der Waals surface area (Å²) in [6, 6.07) is 0.379. The first-order chi connectivity index (χ1) is 6.45. The van der Waals surface area contributed by atoms with Gasteiger partial charge in [0.2, 0.25) is 0 Å². The number of halogens is 3. The van der Waals surface area contributed by atoms with Crippen LogP contribution in [-0.4, -0.2) is 31.0 Å². The molecule has 0 aromatic heterocycles. The van der Waals surface area contributed by atoms with Crippen LogP contribution < -0.4 is 51.4 Å². The zero-order valence-electron chi connectivity index (χ0n) is 9.48. The molecule has 0 aliphatic heterocycles. The van der Waals surface area contributed by atoms with Gasteiger partial charge in [0.25, 0.3) is 0 Å². The molecule has 0 heterocycles. The molecule has 0 atom stereocenters. The summed E-state index contributed by atoms with van der Waals surface area (Å²) in [5.74, 6) is 0. The topological polar surface area (TPSA) is 3.24 Å². The Morgan fingerprint density at radius 1 is 1.40 bits per heavy atom. The van der Waals surface area contributed by atoms with E-state index < -0.39 is 12.4 Å². The fraction of sp³-hybridized carbons (Fsp3) is 0.778. The summed E-state index contributed by atoms with van der Waals surface area (Å²) in [5, 5.41) is 0. The van der Waals surface area contributed by atoms with Crippen LogP contribution in [-0.2, 0) is 0 Å². The minimum atomic E-state index is -4.85. The third-order valence-electron chi connectivity index (χ3n) is 2.44. The molecule has 0 unspecified atom stereocenters. The van der Waals surface area contributed by atoms with Gasteiger partial charge in [-0.15, -0.1) is 12.1 Å². The monoisotopic (exact) mass is 245 g/mol. The van der Waals surface area contributed by atoms with E-state index in [2.05, 4.69) is 6.58 Å². The first-order valence-corrected chi connectivity index (χ1v) is 5.06. The Bertz CT molecular complexity index is 216. The van der Waals surface area contributed by atoms with Gasteiger partial charge in [-0.3, -0.25) is 4.90 Å². The van der Waals surface area contributed by atoms with E-state index in [1.807, 2.05) is 11.8 Å². The van der Waals surface area contributed by atoms with E-state index in [4.69, 9.17) is 0 Å². The van der Waals surface area contributed by atoms with Crippen LogP contribution in [0.2, 0.25) is 0 Å². The number of hydrogen-bond donors (Lipinski definition) is 0. The van der Waals surface area contributed by atoms with Crippen molar-refractivity contribution in [2.75, 3.05) is 13.1 Å². The summed E-state index contributed by atoms with van der Waals surface area (Å²) in [6.07, 6.45) is 2.98. The summed E-state index contributed by atoms with van der Waals surface area (Å²) < 4.78 is 36.8. The van der Waals surface area contributed by atoms with Gasteiger partial charge in [-0.2, -0.15) is 0 Å². The summed E-state index contributed by atoms with van der Waals surface area (Å²) in [7, 11) is 0. The largest absolute Gasteiger partial charge is 1.00 e. The Labute approximate surface area is 132 Å². The average Bonchev–Trinajstić information content (AvgIpc) is 2.83. The third-order valence-corrected chi connectivity index (χ3v) is 2.44. The van der Waals surface area contributed by atoms with Gasteiger partial charge in [0.1, 0.15) is 0 Å². The second kappa shape index (κ2) is 6.81. The predicted molar refractivity (Wildman–Crippen MR) is 53.1 cm³/mol. The SMILES string of the molecule is C=C(CN(CCC)C1CC1)[B-](F)(F)F.[K+]. The standard InChI is InChI=1S/C9H16BF3N.K/c1-3-6-14(9-4-5-9)7-8(2)10(11,12)13;/h9H,2-7H2,1H3;/q-1;+1. The maximum Gasteiger partial charge on any atom is 1.00 e. The van der Waals surface area contributed by atoms with Gasteiger partial charge in [0.05, 0.1) is 0 Å². The molecule has 0 saturated heterocycles. The van der Waals surface area contributed by atoms with E-state index in [0.29, 0.717) is 6.04 Å². The van der Waals surface area contributed by atoms with Gasteiger partial charge in [-0.1, -0.05) is 6.92 Å². The average molecular weight is 245 g/mol. The van der Waals surface area contributed by atoms with E-state index in [-0.39, 0.29) is 57.9 Å². The van der Waals surface area contributed by atoms with E-state index in [0.717, 1.165) is 25.8 Å². The Morgan fingerprint density at radius 3 is 2.27 bits per heavy atom. The molecule has 1 rings (SSSR count). The first kappa shape index (κ1) is 16.2. The molecule has 6 heteroatoms. The minimum absolute atomic E-state index is 0. The second-order valence-corrected chi connectivity index (χ2v) is 3.93. The summed E-state index contributed by atoms with van der Waals surface area (Å²) >= 11 is 0. The molecular formula is C9H16BF3KN. The van der Waals surface area contributed by atoms with E-state index in [1.54, 1.807) is 0 Å². The van der Waals surface area contributed by atoms with Crippen molar-refractivity contribution in [2.45, 2.75) is 32.2 Å². The molecule has 0 spiro atoms. The Kier molecular flexibility index (Phi) is 7.35. The number of nitrogens with zero attached hydrogens (tertiary/aromatic N) is 1. The normalized spacial score (nSPS) is 16.3. The van der Waals surface area contributed by atoms with Gasteiger partial charge in [-0.25, -0.2) is 0 Å². The molecule has 1 fully saturated rings. The van der Waals surface area contributed by atoms with E-state index in [9.17, 15) is 12.9 Å². The van der Waals surface area contributed by atoms with Crippen molar-refractivity contribution in [3.05, 3.63) is 12.1 Å². The van der Waals surface area contributed by atoms with Crippen LogP contribution >= 0.6 is 0 Å². The van der Waals surface area contributed by atoms with Crippen LogP contribution in [0.15, 0.2) is 12.1 Å². The van der Waals surface area contributed by atoms with Crippen LogP contribution in [0.25, 0.3) is 0 Å². The van der Waals surface area contributed by atoms with Gasteiger partial charge < -0.3 is 12.9 Å². The summed E-state index contributed by atoms with van der Waals surface area (Å²) in [4.78, 5) is 1.90. The fourth-order valence-electron chi connectivity index (χ4n) is 1.48. The van der Waals surface area contributed by atoms with Crippen LogP contribution in [0.3, 0.4) is 0 Å². The van der Waals surface area contributed by atoms with Crippen LogP contribution in [0.5, 0.6) is 0 Å². The van der Waals surface area contributed by atoms with Crippen molar-refractivity contribution in [3.63, 3.8) is 0 Å². The van der Waals surface area contributed by atoms with Gasteiger partial charge in [0.15, 0.2) is 0 Å². The molecule has 1 aliphatic carbocycles. The first-order valence-electron chi connectivity index (χ1n) is 5.06. The third kappa shape index (κ3) is 5.89. The smallest absolute Gasteiger partial charge is 0.445 e. The Balaban J connectivity index is 0.00000196. The Morgan fingerprint density at radius 2 is 1.93 bits per heavy atom. The zero-order valence-corrected chi connectivity index (χ0v) is 12.6. The molecule has 0 radical (unpaired) electrons. The molecule has 1 nitrogen and oxygen atoms in total. The fourth-order valence-corrected chi connectivity index (χ4v) is 1.48. The second-order valence-electron chi connectivity index (χ2n) is 3.93. The molecular weight excluding hydrogens is 229 g/mol. The maximum absolute atomic E-state index is 12.3. The van der Waals surface area contributed by atoms with Crippen molar-refractivity contribution in [3.8, 4) is 0 Å². The van der Waals surface area contributed by atoms with E-state index in [1.165, 1.54) is 0 Å². The maximum atomic E-state index is 12.3. The summed E-state index contributed by atoms with van der Waals surface area (Å²) in [5.41, 5.74) is -0.564. The molecule has 0 N–H and O–H groups in total. The molecule has 1 saturated carbocycles. The number of rotatable bonds is 6. The van der Waals surface area contributed by atoms with Crippen LogP contribution in [0, 0.1) is 0 Å². The van der Waals surface area contributed by atoms with Gasteiger partial charge in [-0.05, 0) is 32.4 Å². The molecule has 0 aromatic carbocycles. The van der Waals surface area contributed by atoms with Gasteiger partial charge >= 0.3 is 58.4 Å².